The molecule has 1 aromatic carbocycles. The van der Waals surface area contributed by atoms with Gasteiger partial charge < -0.3 is 4.74 Å². The summed E-state index contributed by atoms with van der Waals surface area (Å²) in [6, 6.07) is 8.00. The number of nitriles is 1. The van der Waals surface area contributed by atoms with Crippen molar-refractivity contribution >= 4 is 16.9 Å². The molecule has 0 N–H and O–H groups in total. The number of ether oxygens (including phenoxy) is 1. The predicted octanol–water partition coefficient (Wildman–Crippen LogP) is 5.84. The number of thiazole rings is 1. The molecule has 2 aliphatic rings. The van der Waals surface area contributed by atoms with Crippen LogP contribution in [0.3, 0.4) is 0 Å². The van der Waals surface area contributed by atoms with E-state index < -0.39 is 0 Å². The van der Waals surface area contributed by atoms with Gasteiger partial charge in [-0.1, -0.05) is 24.6 Å². The molecular weight excluding hydrogens is 340 g/mol. The third-order valence-electron chi connectivity index (χ3n) is 5.10. The van der Waals surface area contributed by atoms with Crippen molar-refractivity contribution in [1.82, 2.24) is 4.98 Å². The highest BCUT2D eigenvalue weighted by molar-refractivity contribution is 7.16. The Bertz CT molecular complexity index is 916. The van der Waals surface area contributed by atoms with E-state index in [0.29, 0.717) is 23.1 Å². The Balaban J connectivity index is 1.63. The molecule has 4 heteroatoms. The van der Waals surface area contributed by atoms with E-state index in [1.165, 1.54) is 29.7 Å². The van der Waals surface area contributed by atoms with Crippen molar-refractivity contribution in [3.8, 4) is 22.4 Å². The Kier molecular flexibility index (Phi) is 4.65. The van der Waals surface area contributed by atoms with Gasteiger partial charge in [0.25, 0.3) is 0 Å². The molecule has 0 radical (unpaired) electrons. The molecule has 1 fully saturated rings. The molecule has 26 heavy (non-hydrogen) atoms. The first-order valence-electron chi connectivity index (χ1n) is 9.21. The minimum atomic E-state index is 0.0464. The van der Waals surface area contributed by atoms with Crippen molar-refractivity contribution in [2.45, 2.75) is 39.2 Å². The van der Waals surface area contributed by atoms with Gasteiger partial charge in [-0.25, -0.2) is 4.98 Å². The van der Waals surface area contributed by atoms with Crippen molar-refractivity contribution in [3.05, 3.63) is 53.1 Å². The first kappa shape index (κ1) is 17.1. The van der Waals surface area contributed by atoms with Crippen LogP contribution < -0.4 is 4.74 Å². The predicted molar refractivity (Wildman–Crippen MR) is 106 cm³/mol. The topological polar surface area (TPSA) is 45.9 Å². The fourth-order valence-corrected chi connectivity index (χ4v) is 4.94. The molecule has 0 amide bonds. The monoisotopic (exact) mass is 362 g/mol. The average molecular weight is 362 g/mol. The van der Waals surface area contributed by atoms with Gasteiger partial charge in [0.2, 0.25) is 0 Å². The van der Waals surface area contributed by atoms with Crippen LogP contribution in [0.4, 0.5) is 0 Å². The van der Waals surface area contributed by atoms with Crippen LogP contribution >= 0.6 is 11.3 Å². The molecule has 4 rings (SSSR count). The SMILES string of the molecule is CC(C)Oc1ccc(-c2ncc(C3=CC=CC4CCCC34)s2)cc1C#N. The van der Waals surface area contributed by atoms with Gasteiger partial charge in [0.1, 0.15) is 16.8 Å². The summed E-state index contributed by atoms with van der Waals surface area (Å²) in [6.07, 6.45) is 12.7. The minimum Gasteiger partial charge on any atom is -0.490 e. The second-order valence-corrected chi connectivity index (χ2v) is 8.26. The molecule has 0 bridgehead atoms. The summed E-state index contributed by atoms with van der Waals surface area (Å²) in [6.45, 7) is 3.93. The second-order valence-electron chi connectivity index (χ2n) is 7.23. The lowest BCUT2D eigenvalue weighted by molar-refractivity contribution is 0.242. The van der Waals surface area contributed by atoms with E-state index in [0.717, 1.165) is 10.6 Å². The summed E-state index contributed by atoms with van der Waals surface area (Å²) in [4.78, 5) is 5.90. The Morgan fingerprint density at radius 3 is 3.00 bits per heavy atom. The van der Waals surface area contributed by atoms with Crippen LogP contribution in [-0.4, -0.2) is 11.1 Å². The maximum absolute atomic E-state index is 9.45. The first-order chi connectivity index (χ1) is 12.7. The zero-order chi connectivity index (χ0) is 18.1. The van der Waals surface area contributed by atoms with Crippen LogP contribution in [0.15, 0.2) is 42.6 Å². The molecule has 0 spiro atoms. The fraction of sp³-hybridized carbons (Fsp3) is 0.364. The van der Waals surface area contributed by atoms with Gasteiger partial charge in [0.05, 0.1) is 16.5 Å². The molecule has 1 aromatic heterocycles. The lowest BCUT2D eigenvalue weighted by Gasteiger charge is -2.21. The molecule has 2 atom stereocenters. The Hall–Kier alpha value is -2.38. The lowest BCUT2D eigenvalue weighted by Crippen LogP contribution is -2.09. The quantitative estimate of drug-likeness (QED) is 0.686. The maximum atomic E-state index is 9.45. The molecule has 3 nitrogen and oxygen atoms in total. The van der Waals surface area contributed by atoms with E-state index in [9.17, 15) is 5.26 Å². The van der Waals surface area contributed by atoms with Crippen LogP contribution in [0.2, 0.25) is 0 Å². The Morgan fingerprint density at radius 2 is 2.19 bits per heavy atom. The molecular formula is C22H22N2OS. The number of hydrogen-bond acceptors (Lipinski definition) is 4. The molecule has 1 saturated carbocycles. The summed E-state index contributed by atoms with van der Waals surface area (Å²) in [5, 5.41) is 10.4. The average Bonchev–Trinajstić information content (AvgIpc) is 3.30. The highest BCUT2D eigenvalue weighted by atomic mass is 32.1. The largest absolute Gasteiger partial charge is 0.490 e. The smallest absolute Gasteiger partial charge is 0.137 e. The van der Waals surface area contributed by atoms with Crippen molar-refractivity contribution in [3.63, 3.8) is 0 Å². The van der Waals surface area contributed by atoms with Crippen LogP contribution in [0, 0.1) is 23.2 Å². The molecule has 2 aromatic rings. The highest BCUT2D eigenvalue weighted by Crippen LogP contribution is 2.46. The standard InChI is InChI=1S/C22H22N2OS/c1-14(2)25-20-10-9-16(11-17(20)12-23)22-24-13-21(26-22)19-8-4-6-15-5-3-7-18(15)19/h4,6,8-11,13-15,18H,3,5,7H2,1-2H3. The number of fused-ring (bicyclic) bond motifs is 1. The van der Waals surface area contributed by atoms with Gasteiger partial charge in [0, 0.05) is 11.8 Å². The second kappa shape index (κ2) is 7.09. The number of nitrogens with zero attached hydrogens (tertiary/aromatic N) is 2. The van der Waals surface area contributed by atoms with E-state index in [1.54, 1.807) is 11.3 Å². The molecule has 2 unspecified atom stereocenters. The van der Waals surface area contributed by atoms with Gasteiger partial charge in [-0.2, -0.15) is 5.26 Å². The van der Waals surface area contributed by atoms with Gasteiger partial charge in [-0.05, 0) is 62.3 Å². The molecule has 132 valence electrons. The number of hydrogen-bond donors (Lipinski definition) is 0. The third kappa shape index (κ3) is 3.20. The van der Waals surface area contributed by atoms with E-state index in [-0.39, 0.29) is 6.10 Å². The summed E-state index contributed by atoms with van der Waals surface area (Å²) >= 11 is 1.72. The number of benzene rings is 1. The highest BCUT2D eigenvalue weighted by Gasteiger charge is 2.31. The van der Waals surface area contributed by atoms with Gasteiger partial charge in [-0.15, -0.1) is 11.3 Å². The van der Waals surface area contributed by atoms with Crippen molar-refractivity contribution in [2.24, 2.45) is 11.8 Å². The first-order valence-corrected chi connectivity index (χ1v) is 10.0. The zero-order valence-electron chi connectivity index (χ0n) is 15.1. The molecule has 0 aliphatic heterocycles. The number of aromatic nitrogens is 1. The fourth-order valence-electron chi connectivity index (χ4n) is 3.94. The normalized spacial score (nSPS) is 21.4. The van der Waals surface area contributed by atoms with Crippen LogP contribution in [0.1, 0.15) is 43.6 Å². The lowest BCUT2D eigenvalue weighted by atomic mass is 9.84. The van der Waals surface area contributed by atoms with Crippen molar-refractivity contribution in [2.75, 3.05) is 0 Å². The molecule has 1 heterocycles. The zero-order valence-corrected chi connectivity index (χ0v) is 15.9. The van der Waals surface area contributed by atoms with E-state index in [1.807, 2.05) is 38.2 Å². The number of rotatable bonds is 4. The Morgan fingerprint density at radius 1 is 1.31 bits per heavy atom. The Labute approximate surface area is 158 Å². The van der Waals surface area contributed by atoms with Crippen LogP contribution in [0.25, 0.3) is 16.1 Å². The van der Waals surface area contributed by atoms with Gasteiger partial charge in [-0.3, -0.25) is 0 Å². The molecule has 2 aliphatic carbocycles. The van der Waals surface area contributed by atoms with Crippen LogP contribution in [0.5, 0.6) is 5.75 Å². The van der Waals surface area contributed by atoms with Gasteiger partial charge >= 0.3 is 0 Å². The summed E-state index contributed by atoms with van der Waals surface area (Å²) in [5.74, 6) is 1.97. The van der Waals surface area contributed by atoms with Gasteiger partial charge in [0.15, 0.2) is 0 Å². The van der Waals surface area contributed by atoms with Crippen molar-refractivity contribution in [1.29, 1.82) is 5.26 Å². The van der Waals surface area contributed by atoms with Crippen LogP contribution in [-0.2, 0) is 0 Å². The number of allylic oxidation sites excluding steroid dienone is 4. The summed E-state index contributed by atoms with van der Waals surface area (Å²) in [5.41, 5.74) is 2.96. The third-order valence-corrected chi connectivity index (χ3v) is 6.20. The minimum absolute atomic E-state index is 0.0464. The molecule has 0 saturated heterocycles. The van der Waals surface area contributed by atoms with E-state index in [2.05, 4.69) is 29.3 Å². The summed E-state index contributed by atoms with van der Waals surface area (Å²) in [7, 11) is 0. The van der Waals surface area contributed by atoms with Crippen molar-refractivity contribution < 1.29 is 4.74 Å². The summed E-state index contributed by atoms with van der Waals surface area (Å²) < 4.78 is 5.72. The maximum Gasteiger partial charge on any atom is 0.137 e. The van der Waals surface area contributed by atoms with E-state index in [4.69, 9.17) is 4.74 Å². The van der Waals surface area contributed by atoms with E-state index >= 15 is 0 Å².